The molecule has 1 fully saturated rings. The molecule has 0 atom stereocenters. The molecule has 0 aliphatic carbocycles. The number of benzene rings is 2. The van der Waals surface area contributed by atoms with Crippen LogP contribution in [0.25, 0.3) is 11.5 Å². The van der Waals surface area contributed by atoms with Crippen molar-refractivity contribution < 1.29 is 9.21 Å². The van der Waals surface area contributed by atoms with Gasteiger partial charge in [-0.15, -0.1) is 10.2 Å². The fourth-order valence-electron chi connectivity index (χ4n) is 3.36. The maximum Gasteiger partial charge on any atom is 0.277 e. The van der Waals surface area contributed by atoms with Gasteiger partial charge in [0.2, 0.25) is 11.8 Å². The first kappa shape index (κ1) is 21.7. The molecule has 2 heterocycles. The Kier molecular flexibility index (Phi) is 6.80. The lowest BCUT2D eigenvalue weighted by Crippen LogP contribution is -2.44. The zero-order chi connectivity index (χ0) is 21.8. The molecule has 1 amide bonds. The first-order valence-corrected chi connectivity index (χ1v) is 11.4. The van der Waals surface area contributed by atoms with E-state index in [9.17, 15) is 4.79 Å². The minimum absolute atomic E-state index is 0.155. The summed E-state index contributed by atoms with van der Waals surface area (Å²) in [6.07, 6.45) is 0. The molecule has 1 aliphatic heterocycles. The Morgan fingerprint density at radius 1 is 1.13 bits per heavy atom. The number of carbonyl (C=O) groups excluding carboxylic acids is 1. The van der Waals surface area contributed by atoms with Crippen LogP contribution in [-0.4, -0.2) is 60.0 Å². The van der Waals surface area contributed by atoms with Crippen molar-refractivity contribution in [2.45, 2.75) is 12.1 Å². The van der Waals surface area contributed by atoms with Gasteiger partial charge in [-0.3, -0.25) is 4.79 Å². The van der Waals surface area contributed by atoms with E-state index in [-0.39, 0.29) is 11.7 Å². The van der Waals surface area contributed by atoms with Crippen molar-refractivity contribution in [2.24, 2.45) is 0 Å². The molecule has 31 heavy (non-hydrogen) atoms. The minimum atomic E-state index is -0.155. The molecule has 2 aromatic carbocycles. The van der Waals surface area contributed by atoms with Gasteiger partial charge in [-0.05, 0) is 38.2 Å². The molecule has 0 radical (unpaired) electrons. The lowest BCUT2D eigenvalue weighted by atomic mass is 10.1. The number of nitrogens with zero attached hydrogens (tertiary/aromatic N) is 4. The number of aryl methyl sites for hydroxylation is 1. The molecule has 0 bridgehead atoms. The van der Waals surface area contributed by atoms with Crippen LogP contribution in [-0.2, 0) is 4.79 Å². The van der Waals surface area contributed by atoms with Gasteiger partial charge in [0, 0.05) is 31.7 Å². The summed E-state index contributed by atoms with van der Waals surface area (Å²) >= 11 is 7.69. The SMILES string of the molecule is Cc1ccc(-c2nnc(SCC(=O)Nc3cccc(Cl)c3N3CCN(C)CC3)o2)cc1. The van der Waals surface area contributed by atoms with E-state index in [0.717, 1.165) is 43.0 Å². The monoisotopic (exact) mass is 457 g/mol. The summed E-state index contributed by atoms with van der Waals surface area (Å²) in [5.74, 6) is 0.442. The summed E-state index contributed by atoms with van der Waals surface area (Å²) in [5.41, 5.74) is 3.60. The molecule has 1 N–H and O–H groups in total. The molecule has 9 heteroatoms. The van der Waals surface area contributed by atoms with Gasteiger partial charge in [-0.1, -0.05) is 47.1 Å². The smallest absolute Gasteiger partial charge is 0.277 e. The quantitative estimate of drug-likeness (QED) is 0.556. The van der Waals surface area contributed by atoms with Gasteiger partial charge < -0.3 is 19.5 Å². The van der Waals surface area contributed by atoms with E-state index in [2.05, 4.69) is 32.4 Å². The number of likely N-dealkylation sites (N-methyl/N-ethyl adjacent to an activating group) is 1. The van der Waals surface area contributed by atoms with Crippen LogP contribution in [0.15, 0.2) is 52.1 Å². The van der Waals surface area contributed by atoms with Crippen LogP contribution in [0.5, 0.6) is 0 Å². The topological polar surface area (TPSA) is 74.5 Å². The summed E-state index contributed by atoms with van der Waals surface area (Å²) in [5, 5.41) is 12.1. The second-order valence-electron chi connectivity index (χ2n) is 7.50. The van der Waals surface area contributed by atoms with Crippen molar-refractivity contribution in [3.63, 3.8) is 0 Å². The number of rotatable bonds is 6. The number of para-hydroxylation sites is 1. The van der Waals surface area contributed by atoms with Gasteiger partial charge in [0.1, 0.15) is 0 Å². The molecular weight excluding hydrogens is 434 g/mol. The third-order valence-electron chi connectivity index (χ3n) is 5.11. The number of anilines is 2. The van der Waals surface area contributed by atoms with Crippen LogP contribution in [0.4, 0.5) is 11.4 Å². The average molecular weight is 458 g/mol. The second-order valence-corrected chi connectivity index (χ2v) is 8.84. The van der Waals surface area contributed by atoms with Crippen molar-refractivity contribution >= 4 is 40.6 Å². The Morgan fingerprint density at radius 3 is 2.61 bits per heavy atom. The Morgan fingerprint density at radius 2 is 1.87 bits per heavy atom. The molecular formula is C22H24ClN5O2S. The highest BCUT2D eigenvalue weighted by atomic mass is 35.5. The third-order valence-corrected chi connectivity index (χ3v) is 6.24. The number of hydrogen-bond donors (Lipinski definition) is 1. The number of aromatic nitrogens is 2. The lowest BCUT2D eigenvalue weighted by Gasteiger charge is -2.35. The standard InChI is InChI=1S/C22H24ClN5O2S/c1-15-6-8-16(9-7-15)21-25-26-22(30-21)31-14-19(29)24-18-5-3-4-17(23)20(18)28-12-10-27(2)11-13-28/h3-9H,10-14H2,1-2H3,(H,24,29). The average Bonchev–Trinajstić information content (AvgIpc) is 3.23. The number of halogens is 1. The molecule has 0 unspecified atom stereocenters. The highest BCUT2D eigenvalue weighted by Gasteiger charge is 2.21. The first-order valence-electron chi connectivity index (χ1n) is 10.0. The normalized spacial score (nSPS) is 14.6. The minimum Gasteiger partial charge on any atom is -0.411 e. The molecule has 3 aromatic rings. The van der Waals surface area contributed by atoms with Crippen molar-refractivity contribution in [1.82, 2.24) is 15.1 Å². The highest BCUT2D eigenvalue weighted by Crippen LogP contribution is 2.34. The molecule has 1 aliphatic rings. The Hall–Kier alpha value is -2.55. The van der Waals surface area contributed by atoms with Crippen molar-refractivity contribution in [3.05, 3.63) is 53.1 Å². The fourth-order valence-corrected chi connectivity index (χ4v) is 4.22. The maximum absolute atomic E-state index is 12.6. The number of piperazine rings is 1. The van der Waals surface area contributed by atoms with E-state index in [1.807, 2.05) is 49.4 Å². The molecule has 4 rings (SSSR count). The molecule has 0 saturated carbocycles. The van der Waals surface area contributed by atoms with Crippen molar-refractivity contribution in [3.8, 4) is 11.5 Å². The second kappa shape index (κ2) is 9.72. The van der Waals surface area contributed by atoms with Crippen molar-refractivity contribution in [1.29, 1.82) is 0 Å². The summed E-state index contributed by atoms with van der Waals surface area (Å²) in [6, 6.07) is 13.4. The van der Waals surface area contributed by atoms with Crippen LogP contribution in [0.1, 0.15) is 5.56 Å². The van der Waals surface area contributed by atoms with Gasteiger partial charge >= 0.3 is 0 Å². The van der Waals surface area contributed by atoms with E-state index in [1.165, 1.54) is 11.8 Å². The maximum atomic E-state index is 12.6. The Balaban J connectivity index is 1.38. The molecule has 162 valence electrons. The first-order chi connectivity index (χ1) is 15.0. The van der Waals surface area contributed by atoms with E-state index < -0.39 is 0 Å². The van der Waals surface area contributed by atoms with E-state index in [1.54, 1.807) is 0 Å². The molecule has 7 nitrogen and oxygen atoms in total. The molecule has 0 spiro atoms. The fraction of sp³-hybridized carbons (Fsp3) is 0.318. The number of thioether (sulfide) groups is 1. The summed E-state index contributed by atoms with van der Waals surface area (Å²) in [7, 11) is 2.10. The summed E-state index contributed by atoms with van der Waals surface area (Å²) < 4.78 is 5.69. The van der Waals surface area contributed by atoms with Gasteiger partial charge in [0.15, 0.2) is 0 Å². The number of nitrogens with one attached hydrogen (secondary N) is 1. The zero-order valence-corrected chi connectivity index (χ0v) is 19.0. The highest BCUT2D eigenvalue weighted by molar-refractivity contribution is 7.99. The van der Waals surface area contributed by atoms with Gasteiger partial charge in [-0.25, -0.2) is 0 Å². The van der Waals surface area contributed by atoms with E-state index in [4.69, 9.17) is 16.0 Å². The van der Waals surface area contributed by atoms with E-state index in [0.29, 0.717) is 21.8 Å². The number of hydrogen-bond acceptors (Lipinski definition) is 7. The van der Waals surface area contributed by atoms with Crippen LogP contribution in [0.2, 0.25) is 5.02 Å². The lowest BCUT2D eigenvalue weighted by molar-refractivity contribution is -0.113. The molecule has 1 aromatic heterocycles. The Bertz CT molecular complexity index is 1050. The number of carbonyl (C=O) groups is 1. The van der Waals surface area contributed by atoms with Gasteiger partial charge in [-0.2, -0.15) is 0 Å². The van der Waals surface area contributed by atoms with Crippen LogP contribution in [0, 0.1) is 6.92 Å². The van der Waals surface area contributed by atoms with Crippen LogP contribution >= 0.6 is 23.4 Å². The predicted molar refractivity (Wildman–Crippen MR) is 125 cm³/mol. The van der Waals surface area contributed by atoms with Crippen LogP contribution in [0.3, 0.4) is 0 Å². The predicted octanol–water partition coefficient (Wildman–Crippen LogP) is 4.18. The number of amides is 1. The van der Waals surface area contributed by atoms with Crippen molar-refractivity contribution in [2.75, 3.05) is 49.2 Å². The summed E-state index contributed by atoms with van der Waals surface area (Å²) in [4.78, 5) is 17.1. The largest absolute Gasteiger partial charge is 0.411 e. The zero-order valence-electron chi connectivity index (χ0n) is 17.5. The summed E-state index contributed by atoms with van der Waals surface area (Å²) in [6.45, 7) is 5.65. The Labute approximate surface area is 190 Å². The van der Waals surface area contributed by atoms with Crippen LogP contribution < -0.4 is 10.2 Å². The van der Waals surface area contributed by atoms with Gasteiger partial charge in [0.05, 0.1) is 22.2 Å². The third kappa shape index (κ3) is 5.39. The van der Waals surface area contributed by atoms with Gasteiger partial charge in [0.25, 0.3) is 5.22 Å². The molecule has 1 saturated heterocycles. The van der Waals surface area contributed by atoms with E-state index >= 15 is 0 Å².